The van der Waals surface area contributed by atoms with Crippen LogP contribution >= 0.6 is 0 Å². The highest BCUT2D eigenvalue weighted by Gasteiger charge is 2.03. The molecule has 0 saturated heterocycles. The fourth-order valence-electron chi connectivity index (χ4n) is 0.528. The van der Waals surface area contributed by atoms with Crippen molar-refractivity contribution >= 4 is 5.71 Å². The molecule has 0 spiro atoms. The number of hydrogen-bond donors (Lipinski definition) is 3. The second kappa shape index (κ2) is 4.47. The first-order valence-corrected chi connectivity index (χ1v) is 3.11. The summed E-state index contributed by atoms with van der Waals surface area (Å²) in [5.74, 6) is 0. The molecule has 0 aliphatic rings. The fraction of sp³-hybridized carbons (Fsp3) is 0.833. The van der Waals surface area contributed by atoms with Gasteiger partial charge in [0.2, 0.25) is 0 Å². The minimum atomic E-state index is -0.575. The van der Waals surface area contributed by atoms with Crippen molar-refractivity contribution in [3.05, 3.63) is 0 Å². The summed E-state index contributed by atoms with van der Waals surface area (Å²) >= 11 is 0. The molecule has 0 radical (unpaired) electrons. The van der Waals surface area contributed by atoms with Crippen LogP contribution in [0.1, 0.15) is 19.8 Å². The molecule has 0 aromatic rings. The van der Waals surface area contributed by atoms with Crippen LogP contribution in [-0.2, 0) is 0 Å². The van der Waals surface area contributed by atoms with E-state index in [4.69, 9.17) is 16.2 Å². The molecule has 1 atom stereocenters. The molecule has 0 aromatic heterocycles. The maximum Gasteiger partial charge on any atom is 0.0911 e. The van der Waals surface area contributed by atoms with E-state index in [1.54, 1.807) is 6.92 Å². The van der Waals surface area contributed by atoms with E-state index >= 15 is 0 Å². The minimum absolute atomic E-state index is 0.323. The van der Waals surface area contributed by atoms with Crippen LogP contribution in [0.3, 0.4) is 0 Å². The van der Waals surface area contributed by atoms with E-state index in [1.165, 1.54) is 0 Å². The largest absolute Gasteiger partial charge is 0.387 e. The van der Waals surface area contributed by atoms with Crippen LogP contribution in [0, 0.1) is 5.41 Å². The van der Waals surface area contributed by atoms with Gasteiger partial charge in [0.05, 0.1) is 6.10 Å². The van der Waals surface area contributed by atoms with Gasteiger partial charge in [-0.1, -0.05) is 0 Å². The van der Waals surface area contributed by atoms with E-state index in [1.807, 2.05) is 0 Å². The minimum Gasteiger partial charge on any atom is -0.387 e. The number of nitrogens with two attached hydrogens (primary N) is 1. The first-order chi connectivity index (χ1) is 4.18. The van der Waals surface area contributed by atoms with E-state index in [2.05, 4.69) is 0 Å². The molecule has 1 unspecified atom stereocenters. The van der Waals surface area contributed by atoms with Crippen LogP contribution in [0.15, 0.2) is 0 Å². The van der Waals surface area contributed by atoms with Crippen molar-refractivity contribution in [2.75, 3.05) is 6.54 Å². The molecule has 0 aromatic carbocycles. The van der Waals surface area contributed by atoms with Crippen LogP contribution in [0.4, 0.5) is 0 Å². The van der Waals surface area contributed by atoms with Gasteiger partial charge in [0, 0.05) is 5.71 Å². The smallest absolute Gasteiger partial charge is 0.0911 e. The summed E-state index contributed by atoms with van der Waals surface area (Å²) in [5.41, 5.74) is 5.52. The summed E-state index contributed by atoms with van der Waals surface area (Å²) < 4.78 is 0. The molecule has 0 amide bonds. The molecule has 0 bridgehead atoms. The van der Waals surface area contributed by atoms with Gasteiger partial charge in [-0.2, -0.15) is 0 Å². The van der Waals surface area contributed by atoms with Gasteiger partial charge in [-0.25, -0.2) is 0 Å². The predicted octanol–water partition coefficient (Wildman–Crippen LogP) is 0.126. The normalized spacial score (nSPS) is 13.2. The molecule has 0 rings (SSSR count). The zero-order valence-electron chi connectivity index (χ0n) is 5.72. The number of aliphatic hydroxyl groups excluding tert-OH is 1. The zero-order valence-corrected chi connectivity index (χ0v) is 5.72. The summed E-state index contributed by atoms with van der Waals surface area (Å²) in [6.45, 7) is 2.19. The van der Waals surface area contributed by atoms with Gasteiger partial charge in [-0.05, 0) is 26.3 Å². The highest BCUT2D eigenvalue weighted by atomic mass is 16.3. The molecule has 3 nitrogen and oxygen atoms in total. The Kier molecular flexibility index (Phi) is 4.26. The first-order valence-electron chi connectivity index (χ1n) is 3.11. The maximum atomic E-state index is 8.98. The Morgan fingerprint density at radius 1 is 1.78 bits per heavy atom. The third kappa shape index (κ3) is 4.12. The highest BCUT2D eigenvalue weighted by molar-refractivity contribution is 5.82. The second-order valence-corrected chi connectivity index (χ2v) is 2.13. The van der Waals surface area contributed by atoms with E-state index < -0.39 is 6.10 Å². The van der Waals surface area contributed by atoms with E-state index in [0.29, 0.717) is 18.7 Å². The molecule has 54 valence electrons. The Balaban J connectivity index is 3.27. The van der Waals surface area contributed by atoms with Crippen molar-refractivity contribution in [3.63, 3.8) is 0 Å². The number of rotatable bonds is 4. The van der Waals surface area contributed by atoms with E-state index in [0.717, 1.165) is 6.42 Å². The quantitative estimate of drug-likeness (QED) is 0.473. The van der Waals surface area contributed by atoms with Crippen LogP contribution in [0.5, 0.6) is 0 Å². The Bertz CT molecular complexity index is 93.1. The van der Waals surface area contributed by atoms with Crippen molar-refractivity contribution in [1.29, 1.82) is 5.41 Å². The summed E-state index contributed by atoms with van der Waals surface area (Å²) in [6, 6.07) is 0. The summed E-state index contributed by atoms with van der Waals surface area (Å²) in [4.78, 5) is 0. The molecular weight excluding hydrogens is 116 g/mol. The lowest BCUT2D eigenvalue weighted by atomic mass is 10.1. The molecular formula is C6H14N2O. The third-order valence-corrected chi connectivity index (χ3v) is 1.18. The summed E-state index contributed by atoms with van der Waals surface area (Å²) in [6.07, 6.45) is 0.831. The SMILES string of the molecule is CC(=N)C(O)CCCN. The van der Waals surface area contributed by atoms with Gasteiger partial charge in [-0.15, -0.1) is 0 Å². The Labute approximate surface area is 55.4 Å². The van der Waals surface area contributed by atoms with Gasteiger partial charge in [0.1, 0.15) is 0 Å². The lowest BCUT2D eigenvalue weighted by molar-refractivity contribution is 0.227. The average Bonchev–Trinajstić information content (AvgIpc) is 1.82. The van der Waals surface area contributed by atoms with Crippen LogP contribution in [0.25, 0.3) is 0 Å². The van der Waals surface area contributed by atoms with Gasteiger partial charge in [0.25, 0.3) is 0 Å². The summed E-state index contributed by atoms with van der Waals surface area (Å²) in [5, 5.41) is 16.0. The number of nitrogens with one attached hydrogen (secondary N) is 1. The van der Waals surface area contributed by atoms with Gasteiger partial charge in [0.15, 0.2) is 0 Å². The first kappa shape index (κ1) is 8.59. The van der Waals surface area contributed by atoms with Crippen molar-refractivity contribution in [3.8, 4) is 0 Å². The summed E-state index contributed by atoms with van der Waals surface area (Å²) in [7, 11) is 0. The van der Waals surface area contributed by atoms with Crippen molar-refractivity contribution < 1.29 is 5.11 Å². The Morgan fingerprint density at radius 2 is 2.33 bits per heavy atom. The van der Waals surface area contributed by atoms with Crippen LogP contribution in [-0.4, -0.2) is 23.5 Å². The molecule has 9 heavy (non-hydrogen) atoms. The van der Waals surface area contributed by atoms with E-state index in [9.17, 15) is 0 Å². The lowest BCUT2D eigenvalue weighted by Gasteiger charge is -2.05. The lowest BCUT2D eigenvalue weighted by Crippen LogP contribution is -2.17. The molecule has 0 saturated carbocycles. The zero-order chi connectivity index (χ0) is 7.28. The van der Waals surface area contributed by atoms with Crippen molar-refractivity contribution in [2.24, 2.45) is 5.73 Å². The van der Waals surface area contributed by atoms with Gasteiger partial charge in [-0.3, -0.25) is 0 Å². The second-order valence-electron chi connectivity index (χ2n) is 2.13. The molecule has 0 fully saturated rings. The average molecular weight is 130 g/mol. The van der Waals surface area contributed by atoms with E-state index in [-0.39, 0.29) is 0 Å². The number of aliphatic hydroxyl groups is 1. The monoisotopic (exact) mass is 130 g/mol. The standard InChI is InChI=1S/C6H14N2O/c1-5(8)6(9)3-2-4-7/h6,8-9H,2-4,7H2,1H3. The van der Waals surface area contributed by atoms with Crippen LogP contribution in [0.2, 0.25) is 0 Å². The third-order valence-electron chi connectivity index (χ3n) is 1.18. The number of hydrogen-bond acceptors (Lipinski definition) is 3. The van der Waals surface area contributed by atoms with Gasteiger partial charge >= 0.3 is 0 Å². The maximum absolute atomic E-state index is 8.98. The van der Waals surface area contributed by atoms with Gasteiger partial charge < -0.3 is 16.2 Å². The molecule has 0 heterocycles. The highest BCUT2D eigenvalue weighted by Crippen LogP contribution is 1.95. The Hall–Kier alpha value is -0.410. The molecule has 4 N–H and O–H groups in total. The predicted molar refractivity (Wildman–Crippen MR) is 37.7 cm³/mol. The fourth-order valence-corrected chi connectivity index (χ4v) is 0.528. The van der Waals surface area contributed by atoms with Crippen molar-refractivity contribution in [1.82, 2.24) is 0 Å². The van der Waals surface area contributed by atoms with Crippen LogP contribution < -0.4 is 5.73 Å². The Morgan fingerprint density at radius 3 is 2.67 bits per heavy atom. The molecule has 0 aliphatic carbocycles. The van der Waals surface area contributed by atoms with Crippen molar-refractivity contribution in [2.45, 2.75) is 25.9 Å². The molecule has 0 aliphatic heterocycles. The molecule has 3 heteroatoms. The topological polar surface area (TPSA) is 70.1 Å².